The topological polar surface area (TPSA) is 35.5 Å². The molecular formula is C39H62O3. The second kappa shape index (κ2) is 30.5. The van der Waals surface area contributed by atoms with Gasteiger partial charge < -0.3 is 14.3 Å². The normalized spacial score (nSPS) is 12.1. The number of hydrogen-bond acceptors (Lipinski definition) is 3. The smallest absolute Gasteiger partial charge is 0.122 e. The molecule has 42 heavy (non-hydrogen) atoms. The molecule has 0 aromatic rings. The summed E-state index contributed by atoms with van der Waals surface area (Å²) in [5.74, 6) is 1.93. The van der Waals surface area contributed by atoms with Gasteiger partial charge in [-0.2, -0.15) is 0 Å². The molecule has 2 unspecified atom stereocenters. The Bertz CT molecular complexity index is 937. The highest BCUT2D eigenvalue weighted by Crippen LogP contribution is 2.26. The Labute approximate surface area is 260 Å². The van der Waals surface area contributed by atoms with E-state index in [-0.39, 0.29) is 0 Å². The third-order valence-electron chi connectivity index (χ3n) is 6.46. The van der Waals surface area contributed by atoms with Crippen LogP contribution in [0, 0.1) is 11.8 Å². The molecule has 0 amide bonds. The third kappa shape index (κ3) is 22.3. The molecule has 3 nitrogen and oxygen atoms in total. The van der Waals surface area contributed by atoms with Crippen LogP contribution in [0.4, 0.5) is 0 Å². The fraction of sp³-hybridized carbons (Fsp3) is 0.410. The first-order valence-corrected chi connectivity index (χ1v) is 14.6. The number of methoxy groups -OCH3 is 1. The molecule has 0 fully saturated rings. The van der Waals surface area contributed by atoms with Gasteiger partial charge in [-0.25, -0.2) is 0 Å². The van der Waals surface area contributed by atoms with Crippen LogP contribution >= 0.6 is 0 Å². The molecule has 0 aromatic heterocycles. The molecule has 3 heteroatoms. The van der Waals surface area contributed by atoms with Gasteiger partial charge in [-0.15, -0.1) is 19.7 Å². The summed E-state index contributed by atoms with van der Waals surface area (Å²) in [7, 11) is 1.65. The summed E-state index contributed by atoms with van der Waals surface area (Å²) in [4.78, 5) is 8.00. The Morgan fingerprint density at radius 3 is 1.76 bits per heavy atom. The lowest BCUT2D eigenvalue weighted by Gasteiger charge is -2.15. The first-order valence-electron chi connectivity index (χ1n) is 14.6. The number of carbonyl (C=O) groups excluding carboxylic acids is 1. The van der Waals surface area contributed by atoms with Crippen LogP contribution in [0.25, 0.3) is 0 Å². The van der Waals surface area contributed by atoms with Gasteiger partial charge in [0.05, 0.1) is 6.61 Å². The molecule has 0 saturated carbocycles. The van der Waals surface area contributed by atoms with Crippen molar-refractivity contribution in [3.8, 4) is 0 Å². The van der Waals surface area contributed by atoms with E-state index in [1.165, 1.54) is 12.8 Å². The van der Waals surface area contributed by atoms with E-state index in [0.717, 1.165) is 64.2 Å². The molecule has 0 heterocycles. The zero-order chi connectivity index (χ0) is 33.7. The fourth-order valence-corrected chi connectivity index (χ4v) is 3.21. The van der Waals surface area contributed by atoms with Gasteiger partial charge in [0, 0.05) is 7.11 Å². The third-order valence-corrected chi connectivity index (χ3v) is 6.46. The molecular weight excluding hydrogens is 516 g/mol. The molecule has 0 spiro atoms. The standard InChI is InChI=1S/C33H50O2.C3H6.C2H4.CH2O/c1-13-24(4)16-17-26(6)27(7)18-19-28(8)31(11)32(15-3)22-29(9)30(10)23-33(25(5)14-2)35-21-20-34-12;1-3-2;2*1-2/h18-19,22-24,26H,5,7-11,13-17,20-21H2,1-4,6,12H3;3H,1H2,2H3;1-2H2;1H2/b19-18-,32-22-,33-23+;;;. The second-order valence-corrected chi connectivity index (χ2v) is 9.69. The van der Waals surface area contributed by atoms with E-state index in [1.807, 2.05) is 38.9 Å². The molecule has 0 aliphatic heterocycles. The molecule has 236 valence electrons. The zero-order valence-corrected chi connectivity index (χ0v) is 28.3. The summed E-state index contributed by atoms with van der Waals surface area (Å²) in [6, 6.07) is 0. The fourth-order valence-electron chi connectivity index (χ4n) is 3.21. The lowest BCUT2D eigenvalue weighted by molar-refractivity contribution is -0.0980. The highest BCUT2D eigenvalue weighted by molar-refractivity contribution is 5.55. The largest absolute Gasteiger partial charge is 0.491 e. The quantitative estimate of drug-likeness (QED) is 0.0662. The minimum absolute atomic E-state index is 0.454. The summed E-state index contributed by atoms with van der Waals surface area (Å²) >= 11 is 0. The van der Waals surface area contributed by atoms with Gasteiger partial charge in [-0.05, 0) is 77.5 Å². The summed E-state index contributed by atoms with van der Waals surface area (Å²) < 4.78 is 10.9. The van der Waals surface area contributed by atoms with Crippen molar-refractivity contribution >= 4 is 6.79 Å². The molecule has 0 aliphatic rings. The zero-order valence-electron chi connectivity index (χ0n) is 28.3. The Morgan fingerprint density at radius 2 is 1.31 bits per heavy atom. The van der Waals surface area contributed by atoms with Gasteiger partial charge in [0.2, 0.25) is 0 Å². The Kier molecular flexibility index (Phi) is 33.1. The molecule has 2 atom stereocenters. The van der Waals surface area contributed by atoms with Crippen LogP contribution < -0.4 is 0 Å². The molecule has 0 saturated heterocycles. The van der Waals surface area contributed by atoms with Gasteiger partial charge in [0.1, 0.15) is 19.2 Å². The number of hydrogen-bond donors (Lipinski definition) is 0. The van der Waals surface area contributed by atoms with Gasteiger partial charge in [-0.1, -0.05) is 117 Å². The van der Waals surface area contributed by atoms with E-state index >= 15 is 0 Å². The number of ether oxygens (including phenoxy) is 2. The van der Waals surface area contributed by atoms with Gasteiger partial charge in [0.15, 0.2) is 0 Å². The van der Waals surface area contributed by atoms with E-state index in [9.17, 15) is 0 Å². The Balaban J connectivity index is -0.000000942. The van der Waals surface area contributed by atoms with E-state index in [1.54, 1.807) is 13.2 Å². The minimum atomic E-state index is 0.454. The van der Waals surface area contributed by atoms with Crippen molar-refractivity contribution in [1.82, 2.24) is 0 Å². The van der Waals surface area contributed by atoms with Crippen molar-refractivity contribution in [3.05, 3.63) is 134 Å². The van der Waals surface area contributed by atoms with Crippen LogP contribution in [0.5, 0.6) is 0 Å². The summed E-state index contributed by atoms with van der Waals surface area (Å²) in [6.45, 7) is 50.5. The van der Waals surface area contributed by atoms with Crippen molar-refractivity contribution in [2.45, 2.75) is 73.6 Å². The van der Waals surface area contributed by atoms with E-state index in [4.69, 9.17) is 14.3 Å². The maximum Gasteiger partial charge on any atom is 0.122 e. The number of allylic oxidation sites excluding steroid dienone is 12. The number of carbonyl (C=O) groups is 1. The monoisotopic (exact) mass is 578 g/mol. The van der Waals surface area contributed by atoms with E-state index in [2.05, 4.69) is 93.0 Å². The SMILES string of the molecule is C=C.C=C(/C=C(/CC)C(=C)C(=C)/C=C\C(=C)C(C)CCC(C)CC)C(=C)/C=C(/OCCOC)C(=C)CC.C=CC.C=O. The Hall–Kier alpha value is -3.43. The molecule has 0 aliphatic carbocycles. The van der Waals surface area contributed by atoms with Crippen LogP contribution in [0.3, 0.4) is 0 Å². The van der Waals surface area contributed by atoms with Crippen LogP contribution in [-0.2, 0) is 14.3 Å². The van der Waals surface area contributed by atoms with E-state index < -0.39 is 0 Å². The van der Waals surface area contributed by atoms with Gasteiger partial charge >= 0.3 is 0 Å². The Morgan fingerprint density at radius 1 is 0.786 bits per heavy atom. The van der Waals surface area contributed by atoms with Crippen molar-refractivity contribution in [3.63, 3.8) is 0 Å². The number of rotatable bonds is 19. The maximum atomic E-state index is 8.00. The van der Waals surface area contributed by atoms with E-state index in [0.29, 0.717) is 24.9 Å². The molecule has 0 radical (unpaired) electrons. The lowest BCUT2D eigenvalue weighted by atomic mass is 9.90. The van der Waals surface area contributed by atoms with Crippen molar-refractivity contribution < 1.29 is 14.3 Å². The second-order valence-electron chi connectivity index (χ2n) is 9.69. The predicted molar refractivity (Wildman–Crippen MR) is 191 cm³/mol. The maximum absolute atomic E-state index is 8.00. The van der Waals surface area contributed by atoms with Crippen LogP contribution in [0.15, 0.2) is 134 Å². The average Bonchev–Trinajstić information content (AvgIpc) is 3.01. The predicted octanol–water partition coefficient (Wildman–Crippen LogP) is 11.4. The molecule has 0 aromatic carbocycles. The summed E-state index contributed by atoms with van der Waals surface area (Å²) in [5, 5.41) is 0. The first-order chi connectivity index (χ1) is 19.9. The van der Waals surface area contributed by atoms with Gasteiger partial charge in [-0.3, -0.25) is 0 Å². The molecule has 0 bridgehead atoms. The van der Waals surface area contributed by atoms with Crippen LogP contribution in [0.2, 0.25) is 0 Å². The van der Waals surface area contributed by atoms with Crippen LogP contribution in [-0.4, -0.2) is 27.1 Å². The van der Waals surface area contributed by atoms with Crippen molar-refractivity contribution in [2.75, 3.05) is 20.3 Å². The average molecular weight is 579 g/mol. The minimum Gasteiger partial charge on any atom is -0.491 e. The summed E-state index contributed by atoms with van der Waals surface area (Å²) in [6.07, 6.45) is 15.0. The molecule has 0 N–H and O–H groups in total. The molecule has 0 rings (SSSR count). The first kappa shape index (κ1) is 45.6. The van der Waals surface area contributed by atoms with Gasteiger partial charge in [0.25, 0.3) is 0 Å². The highest BCUT2D eigenvalue weighted by atomic mass is 16.5. The highest BCUT2D eigenvalue weighted by Gasteiger charge is 2.10. The van der Waals surface area contributed by atoms with Crippen LogP contribution in [0.1, 0.15) is 73.6 Å². The van der Waals surface area contributed by atoms with Crippen molar-refractivity contribution in [2.24, 2.45) is 11.8 Å². The van der Waals surface area contributed by atoms with Crippen molar-refractivity contribution in [1.29, 1.82) is 0 Å². The summed E-state index contributed by atoms with van der Waals surface area (Å²) in [5.41, 5.74) is 6.48. The lowest BCUT2D eigenvalue weighted by Crippen LogP contribution is -2.03.